The zero-order chi connectivity index (χ0) is 23.8. The highest BCUT2D eigenvalue weighted by Crippen LogP contribution is 2.40. The molecule has 0 fully saturated rings. The van der Waals surface area contributed by atoms with Gasteiger partial charge in [-0.3, -0.25) is 0 Å². The first-order valence-electron chi connectivity index (χ1n) is 11.6. The fourth-order valence-corrected chi connectivity index (χ4v) is 5.10. The molecule has 1 aromatic heterocycles. The van der Waals surface area contributed by atoms with E-state index in [9.17, 15) is 4.39 Å². The summed E-state index contributed by atoms with van der Waals surface area (Å²) in [4.78, 5) is 4.97. The lowest BCUT2D eigenvalue weighted by Crippen LogP contribution is -2.18. The van der Waals surface area contributed by atoms with Gasteiger partial charge in [0.2, 0.25) is 5.13 Å². The summed E-state index contributed by atoms with van der Waals surface area (Å²) in [6.07, 6.45) is 0.741. The topological polar surface area (TPSA) is 28.5 Å². The van der Waals surface area contributed by atoms with Crippen molar-refractivity contribution in [3.63, 3.8) is 0 Å². The van der Waals surface area contributed by atoms with Gasteiger partial charge in [0.25, 0.3) is 0 Å². The normalized spacial score (nSPS) is 15.8. The van der Waals surface area contributed by atoms with Crippen molar-refractivity contribution in [1.29, 1.82) is 0 Å². The Labute approximate surface area is 204 Å². The summed E-state index contributed by atoms with van der Waals surface area (Å²) in [5.74, 6) is 0.247. The molecule has 0 saturated carbocycles. The van der Waals surface area contributed by atoms with Crippen LogP contribution in [0.25, 0.3) is 11.3 Å². The second-order valence-corrected chi connectivity index (χ2v) is 10.1. The van der Waals surface area contributed by atoms with Crippen molar-refractivity contribution in [3.8, 4) is 11.3 Å². The van der Waals surface area contributed by atoms with Gasteiger partial charge < -0.3 is 0 Å². The molecule has 0 spiro atoms. The smallest absolute Gasteiger partial charge is 0.207 e. The second-order valence-electron chi connectivity index (χ2n) is 9.25. The molecule has 3 aromatic carbocycles. The maximum absolute atomic E-state index is 13.5. The van der Waals surface area contributed by atoms with Crippen molar-refractivity contribution in [1.82, 2.24) is 4.98 Å². The molecular formula is C29H28FN3S. The average Bonchev–Trinajstić information content (AvgIpc) is 3.49. The number of hydrogen-bond donors (Lipinski definition) is 0. The minimum absolute atomic E-state index is 0.0417. The Morgan fingerprint density at radius 2 is 1.62 bits per heavy atom. The molecule has 4 aromatic rings. The highest BCUT2D eigenvalue weighted by molar-refractivity contribution is 7.14. The first-order valence-corrected chi connectivity index (χ1v) is 12.5. The monoisotopic (exact) mass is 469 g/mol. The number of benzene rings is 3. The van der Waals surface area contributed by atoms with Gasteiger partial charge in [0, 0.05) is 17.4 Å². The zero-order valence-electron chi connectivity index (χ0n) is 19.9. The number of aromatic nitrogens is 1. The predicted octanol–water partition coefficient (Wildman–Crippen LogP) is 8.05. The van der Waals surface area contributed by atoms with Crippen LogP contribution in [-0.4, -0.2) is 10.7 Å². The van der Waals surface area contributed by atoms with E-state index >= 15 is 0 Å². The standard InChI is InChI=1S/C29H28FN3S/c1-18(2)21-7-9-23(10-8-21)28-16-26(22-11-13-25(30)14-12-22)32-33(28)29-31-27(17-34-29)24-6-5-19(3)20(4)15-24/h5-15,17-18,28H,16H2,1-4H3/t28-/m1/s1. The Morgan fingerprint density at radius 1 is 0.912 bits per heavy atom. The van der Waals surface area contributed by atoms with Gasteiger partial charge in [0.05, 0.1) is 17.4 Å². The molecule has 1 aliphatic rings. The number of halogens is 1. The fourth-order valence-electron chi connectivity index (χ4n) is 4.27. The van der Waals surface area contributed by atoms with Crippen LogP contribution in [-0.2, 0) is 0 Å². The summed E-state index contributed by atoms with van der Waals surface area (Å²) in [6.45, 7) is 8.66. The molecule has 172 valence electrons. The van der Waals surface area contributed by atoms with Crippen molar-refractivity contribution in [2.24, 2.45) is 5.10 Å². The Kier molecular flexibility index (Phi) is 6.05. The summed E-state index contributed by atoms with van der Waals surface area (Å²) >= 11 is 1.61. The van der Waals surface area contributed by atoms with Gasteiger partial charge in [-0.05, 0) is 65.8 Å². The quantitative estimate of drug-likeness (QED) is 0.296. The van der Waals surface area contributed by atoms with Crippen LogP contribution in [0.1, 0.15) is 60.0 Å². The number of rotatable bonds is 5. The number of hydrazone groups is 1. The van der Waals surface area contributed by atoms with Crippen LogP contribution < -0.4 is 5.01 Å². The van der Waals surface area contributed by atoms with Crippen molar-refractivity contribution < 1.29 is 4.39 Å². The Morgan fingerprint density at radius 3 is 2.29 bits per heavy atom. The molecule has 0 N–H and O–H groups in total. The molecular weight excluding hydrogens is 441 g/mol. The van der Waals surface area contributed by atoms with Crippen LogP contribution >= 0.6 is 11.3 Å². The molecule has 1 atom stereocenters. The molecule has 0 saturated heterocycles. The van der Waals surface area contributed by atoms with Crippen molar-refractivity contribution in [2.45, 2.75) is 46.1 Å². The maximum Gasteiger partial charge on any atom is 0.207 e. The molecule has 1 aliphatic heterocycles. The molecule has 0 aliphatic carbocycles. The lowest BCUT2D eigenvalue weighted by atomic mass is 9.95. The zero-order valence-corrected chi connectivity index (χ0v) is 20.7. The third-order valence-electron chi connectivity index (χ3n) is 6.57. The molecule has 0 radical (unpaired) electrons. The third kappa shape index (κ3) is 4.40. The molecule has 0 amide bonds. The second kappa shape index (κ2) is 9.15. The van der Waals surface area contributed by atoms with E-state index in [4.69, 9.17) is 10.1 Å². The van der Waals surface area contributed by atoms with E-state index in [2.05, 4.69) is 75.5 Å². The van der Waals surface area contributed by atoms with Crippen molar-refractivity contribution >= 4 is 22.2 Å². The third-order valence-corrected chi connectivity index (χ3v) is 7.40. The van der Waals surface area contributed by atoms with Gasteiger partial charge in [-0.1, -0.05) is 62.4 Å². The van der Waals surface area contributed by atoms with E-state index in [0.717, 1.165) is 34.1 Å². The van der Waals surface area contributed by atoms with Gasteiger partial charge in [-0.2, -0.15) is 5.10 Å². The fraction of sp³-hybridized carbons (Fsp3) is 0.241. The van der Waals surface area contributed by atoms with Gasteiger partial charge in [-0.25, -0.2) is 14.4 Å². The first-order chi connectivity index (χ1) is 16.4. The summed E-state index contributed by atoms with van der Waals surface area (Å²) in [5, 5.41) is 9.99. The maximum atomic E-state index is 13.5. The van der Waals surface area contributed by atoms with Gasteiger partial charge in [0.15, 0.2) is 0 Å². The van der Waals surface area contributed by atoms with Gasteiger partial charge >= 0.3 is 0 Å². The van der Waals surface area contributed by atoms with Crippen molar-refractivity contribution in [3.05, 3.63) is 106 Å². The lowest BCUT2D eigenvalue weighted by molar-refractivity contribution is 0.627. The highest BCUT2D eigenvalue weighted by Gasteiger charge is 2.32. The highest BCUT2D eigenvalue weighted by atomic mass is 32.1. The minimum Gasteiger partial charge on any atom is -0.231 e. The van der Waals surface area contributed by atoms with E-state index in [1.54, 1.807) is 23.5 Å². The van der Waals surface area contributed by atoms with Crippen molar-refractivity contribution in [2.75, 3.05) is 5.01 Å². The summed E-state index contributed by atoms with van der Waals surface area (Å²) in [6, 6.07) is 21.9. The molecule has 3 nitrogen and oxygen atoms in total. The SMILES string of the molecule is Cc1ccc(-c2csc(N3N=C(c4ccc(F)cc4)C[C@@H]3c3ccc(C(C)C)cc3)n2)cc1C. The number of thiazole rings is 1. The molecule has 2 heterocycles. The molecule has 0 unspecified atom stereocenters. The van der Waals surface area contributed by atoms with Crippen LogP contribution in [0.5, 0.6) is 0 Å². The predicted molar refractivity (Wildman–Crippen MR) is 140 cm³/mol. The van der Waals surface area contributed by atoms with E-state index in [1.165, 1.54) is 34.4 Å². The molecule has 34 heavy (non-hydrogen) atoms. The Balaban J connectivity index is 1.52. The summed E-state index contributed by atoms with van der Waals surface area (Å²) in [7, 11) is 0. The van der Waals surface area contributed by atoms with E-state index in [0.29, 0.717) is 5.92 Å². The van der Waals surface area contributed by atoms with Crippen LogP contribution in [0.15, 0.2) is 77.2 Å². The number of aryl methyl sites for hydroxylation is 2. The molecule has 5 rings (SSSR count). The number of anilines is 1. The molecule has 5 heteroatoms. The average molecular weight is 470 g/mol. The van der Waals surface area contributed by atoms with Crippen LogP contribution in [0.3, 0.4) is 0 Å². The molecule has 0 bridgehead atoms. The van der Waals surface area contributed by atoms with Crippen LogP contribution in [0.4, 0.5) is 9.52 Å². The van der Waals surface area contributed by atoms with Crippen LogP contribution in [0.2, 0.25) is 0 Å². The van der Waals surface area contributed by atoms with Crippen LogP contribution in [0, 0.1) is 19.7 Å². The summed E-state index contributed by atoms with van der Waals surface area (Å²) < 4.78 is 13.5. The van der Waals surface area contributed by atoms with Gasteiger partial charge in [0.1, 0.15) is 5.82 Å². The largest absolute Gasteiger partial charge is 0.231 e. The van der Waals surface area contributed by atoms with Gasteiger partial charge in [-0.15, -0.1) is 11.3 Å². The summed E-state index contributed by atoms with van der Waals surface area (Å²) in [5.41, 5.74) is 9.02. The Bertz CT molecular complexity index is 1340. The Hall–Kier alpha value is -3.31. The van der Waals surface area contributed by atoms with E-state index in [-0.39, 0.29) is 11.9 Å². The lowest BCUT2D eigenvalue weighted by Gasteiger charge is -2.21. The number of nitrogens with zero attached hydrogens (tertiary/aromatic N) is 3. The van der Waals surface area contributed by atoms with E-state index < -0.39 is 0 Å². The van der Waals surface area contributed by atoms with E-state index in [1.807, 2.05) is 5.01 Å². The minimum atomic E-state index is -0.238. The first kappa shape index (κ1) is 22.5. The number of hydrogen-bond acceptors (Lipinski definition) is 4.